The maximum Gasteiger partial charge on any atom is 0.472 e. The van der Waals surface area contributed by atoms with Crippen molar-refractivity contribution in [3.8, 4) is 0 Å². The number of esters is 2. The molecule has 57 heavy (non-hydrogen) atoms. The van der Waals surface area contributed by atoms with Crippen LogP contribution >= 0.6 is 7.82 Å². The molecule has 0 spiro atoms. The van der Waals surface area contributed by atoms with Crippen molar-refractivity contribution in [1.29, 1.82) is 0 Å². The maximum absolute atomic E-state index is 12.8. The molecule has 1 saturated carbocycles. The standard InChI is InChI=1S/C43H73O13P/c1-3-5-7-9-11-13-15-16-17-18-19-20-22-24-26-28-30-32-37(45)55-35(33-53-36(44)31-29-27-25-23-21-14-12-10-8-6-4-2)34-54-57(51,52)56-43-41(49)39(47)38(46)40(48)42(43)50/h10-13,16-17,19-20,24,26,35,38-43,46-50H,3-9,14-15,18,21-23,25,27-34H2,1-2H3,(H,51,52)/b12-10-,13-11-,17-16-,20-19-,26-24-/t35-,38?,39-,40?,41?,42?,43?/m1/s1. The quantitative estimate of drug-likeness (QED) is 0.0165. The normalized spacial score (nSPS) is 23.3. The summed E-state index contributed by atoms with van der Waals surface area (Å²) in [6.07, 6.45) is 25.8. The Morgan fingerprint density at radius 1 is 0.544 bits per heavy atom. The fourth-order valence-corrected chi connectivity index (χ4v) is 6.82. The zero-order chi connectivity index (χ0) is 42.2. The topological polar surface area (TPSA) is 210 Å². The first-order chi connectivity index (χ1) is 27.4. The number of ether oxygens (including phenoxy) is 2. The van der Waals surface area contributed by atoms with E-state index in [1.165, 1.54) is 32.1 Å². The Bertz CT molecular complexity index is 1230. The van der Waals surface area contributed by atoms with Crippen LogP contribution in [0, 0.1) is 0 Å². The predicted octanol–water partition coefficient (Wildman–Crippen LogP) is 7.38. The molecule has 13 nitrogen and oxygen atoms in total. The van der Waals surface area contributed by atoms with Gasteiger partial charge in [0.25, 0.3) is 0 Å². The monoisotopic (exact) mass is 828 g/mol. The molecule has 0 aromatic heterocycles. The second-order valence-corrected chi connectivity index (χ2v) is 15.9. The Kier molecular flexibility index (Phi) is 30.8. The summed E-state index contributed by atoms with van der Waals surface area (Å²) in [5.74, 6) is -1.18. The van der Waals surface area contributed by atoms with Gasteiger partial charge in [-0.25, -0.2) is 4.57 Å². The first-order valence-corrected chi connectivity index (χ1v) is 22.6. The number of allylic oxidation sites excluding steroid dienone is 10. The Hall–Kier alpha value is -2.45. The smallest absolute Gasteiger partial charge is 0.462 e. The van der Waals surface area contributed by atoms with Crippen molar-refractivity contribution < 1.29 is 63.1 Å². The average Bonchev–Trinajstić information content (AvgIpc) is 3.19. The van der Waals surface area contributed by atoms with Gasteiger partial charge in [-0.15, -0.1) is 0 Å². The molecule has 1 rings (SSSR count). The van der Waals surface area contributed by atoms with Crippen LogP contribution in [0.4, 0.5) is 0 Å². The van der Waals surface area contributed by atoms with Gasteiger partial charge in [0, 0.05) is 12.8 Å². The molecule has 0 aromatic rings. The largest absolute Gasteiger partial charge is 0.472 e. The summed E-state index contributed by atoms with van der Waals surface area (Å²) in [4.78, 5) is 35.5. The Labute approximate surface area is 341 Å². The number of phosphoric acid groups is 1. The summed E-state index contributed by atoms with van der Waals surface area (Å²) in [7, 11) is -5.13. The molecular weight excluding hydrogens is 755 g/mol. The van der Waals surface area contributed by atoms with Crippen molar-refractivity contribution >= 4 is 19.8 Å². The van der Waals surface area contributed by atoms with Crippen molar-refractivity contribution in [3.05, 3.63) is 60.8 Å². The molecule has 8 atom stereocenters. The number of aliphatic hydroxyl groups excluding tert-OH is 5. The number of hydrogen-bond donors (Lipinski definition) is 6. The highest BCUT2D eigenvalue weighted by Gasteiger charge is 2.51. The minimum absolute atomic E-state index is 0.0167. The number of carbonyl (C=O) groups is 2. The number of unbranched alkanes of at least 4 members (excludes halogenated alkanes) is 11. The van der Waals surface area contributed by atoms with Crippen LogP contribution < -0.4 is 0 Å². The van der Waals surface area contributed by atoms with Gasteiger partial charge in [-0.1, -0.05) is 120 Å². The molecule has 6 N–H and O–H groups in total. The van der Waals surface area contributed by atoms with E-state index in [1.54, 1.807) is 0 Å². The Morgan fingerprint density at radius 2 is 0.982 bits per heavy atom. The van der Waals surface area contributed by atoms with Crippen LogP contribution in [0.15, 0.2) is 60.8 Å². The molecule has 328 valence electrons. The lowest BCUT2D eigenvalue weighted by atomic mass is 9.85. The highest BCUT2D eigenvalue weighted by Crippen LogP contribution is 2.47. The van der Waals surface area contributed by atoms with Crippen molar-refractivity contribution in [2.75, 3.05) is 13.2 Å². The lowest BCUT2D eigenvalue weighted by Crippen LogP contribution is -2.64. The lowest BCUT2D eigenvalue weighted by molar-refractivity contribution is -0.220. The van der Waals surface area contributed by atoms with Crippen LogP contribution in [0.1, 0.15) is 142 Å². The summed E-state index contributed by atoms with van der Waals surface area (Å²) < 4.78 is 33.3. The molecule has 0 aliphatic heterocycles. The Morgan fingerprint density at radius 3 is 1.56 bits per heavy atom. The second kappa shape index (κ2) is 33.4. The molecule has 1 aliphatic rings. The summed E-state index contributed by atoms with van der Waals surface area (Å²) in [5.41, 5.74) is 0. The molecular formula is C43H73O13P. The minimum Gasteiger partial charge on any atom is -0.462 e. The van der Waals surface area contributed by atoms with E-state index < -0.39 is 75.7 Å². The van der Waals surface area contributed by atoms with Gasteiger partial charge in [-0.05, 0) is 70.6 Å². The number of hydrogen-bond acceptors (Lipinski definition) is 12. The van der Waals surface area contributed by atoms with E-state index in [0.717, 1.165) is 64.2 Å². The van der Waals surface area contributed by atoms with Gasteiger partial charge in [-0.3, -0.25) is 18.6 Å². The molecule has 1 aliphatic carbocycles. The zero-order valence-electron chi connectivity index (χ0n) is 34.4. The number of carbonyl (C=O) groups excluding carboxylic acids is 2. The number of phosphoric ester groups is 1. The first kappa shape index (κ1) is 52.6. The third kappa shape index (κ3) is 26.3. The van der Waals surface area contributed by atoms with Gasteiger partial charge in [0.05, 0.1) is 6.61 Å². The average molecular weight is 829 g/mol. The highest BCUT2D eigenvalue weighted by molar-refractivity contribution is 7.47. The second-order valence-electron chi connectivity index (χ2n) is 14.5. The lowest BCUT2D eigenvalue weighted by Gasteiger charge is -2.41. The van der Waals surface area contributed by atoms with Gasteiger partial charge in [-0.2, -0.15) is 0 Å². The highest BCUT2D eigenvalue weighted by atomic mass is 31.2. The predicted molar refractivity (Wildman–Crippen MR) is 221 cm³/mol. The van der Waals surface area contributed by atoms with Crippen molar-refractivity contribution in [1.82, 2.24) is 0 Å². The molecule has 6 unspecified atom stereocenters. The van der Waals surface area contributed by atoms with E-state index in [4.69, 9.17) is 18.5 Å². The molecule has 0 radical (unpaired) electrons. The van der Waals surface area contributed by atoms with E-state index >= 15 is 0 Å². The van der Waals surface area contributed by atoms with Gasteiger partial charge in [0.1, 0.15) is 43.2 Å². The fourth-order valence-electron chi connectivity index (χ4n) is 5.85. The third-order valence-corrected chi connectivity index (χ3v) is 10.3. The molecule has 0 amide bonds. The molecule has 0 heterocycles. The van der Waals surface area contributed by atoms with Gasteiger partial charge >= 0.3 is 19.8 Å². The summed E-state index contributed by atoms with van der Waals surface area (Å²) >= 11 is 0. The van der Waals surface area contributed by atoms with Crippen molar-refractivity contribution in [3.63, 3.8) is 0 Å². The minimum atomic E-state index is -5.13. The summed E-state index contributed by atoms with van der Waals surface area (Å²) in [6.45, 7) is 3.14. The first-order valence-electron chi connectivity index (χ1n) is 21.1. The third-order valence-electron chi connectivity index (χ3n) is 9.33. The van der Waals surface area contributed by atoms with Gasteiger partial charge in [0.15, 0.2) is 6.10 Å². The van der Waals surface area contributed by atoms with E-state index in [-0.39, 0.29) is 12.8 Å². The number of rotatable bonds is 33. The van der Waals surface area contributed by atoms with E-state index in [0.29, 0.717) is 19.3 Å². The van der Waals surface area contributed by atoms with Crippen LogP contribution in [0.5, 0.6) is 0 Å². The molecule has 0 saturated heterocycles. The molecule has 1 fully saturated rings. The SMILES string of the molecule is CCCC/C=C\CCCCCCCC(=O)OC[C@H](COP(=O)(O)OC1C(O)C(O)C(O)[C@@H](O)C1O)OC(=O)CCC/C=C\C/C=C\C/C=C\C/C=C\CCCCC. The molecule has 0 bridgehead atoms. The maximum atomic E-state index is 12.8. The number of aliphatic hydroxyl groups is 5. The van der Waals surface area contributed by atoms with Crippen molar-refractivity contribution in [2.45, 2.75) is 185 Å². The van der Waals surface area contributed by atoms with Crippen LogP contribution in [-0.2, 0) is 32.7 Å². The molecule has 0 aromatic carbocycles. The zero-order valence-corrected chi connectivity index (χ0v) is 35.3. The van der Waals surface area contributed by atoms with Crippen LogP contribution in [0.25, 0.3) is 0 Å². The van der Waals surface area contributed by atoms with E-state index in [1.807, 2.05) is 12.2 Å². The van der Waals surface area contributed by atoms with E-state index in [9.17, 15) is 44.6 Å². The fraction of sp³-hybridized carbons (Fsp3) is 0.721. The summed E-state index contributed by atoms with van der Waals surface area (Å²) in [5, 5.41) is 50.0. The van der Waals surface area contributed by atoms with Crippen molar-refractivity contribution in [2.24, 2.45) is 0 Å². The summed E-state index contributed by atoms with van der Waals surface area (Å²) in [6, 6.07) is 0. The van der Waals surface area contributed by atoms with E-state index in [2.05, 4.69) is 62.5 Å². The Balaban J connectivity index is 2.56. The van der Waals surface area contributed by atoms with Crippen LogP contribution in [0.2, 0.25) is 0 Å². The van der Waals surface area contributed by atoms with Gasteiger partial charge in [0.2, 0.25) is 0 Å². The van der Waals surface area contributed by atoms with Crippen LogP contribution in [-0.4, -0.2) is 98.3 Å². The molecule has 14 heteroatoms. The van der Waals surface area contributed by atoms with Crippen LogP contribution in [0.3, 0.4) is 0 Å². The van der Waals surface area contributed by atoms with Gasteiger partial charge < -0.3 is 39.9 Å².